The van der Waals surface area contributed by atoms with Crippen molar-refractivity contribution in [3.63, 3.8) is 0 Å². The van der Waals surface area contributed by atoms with Crippen molar-refractivity contribution < 1.29 is 14.6 Å². The Morgan fingerprint density at radius 1 is 1.20 bits per heavy atom. The van der Waals surface area contributed by atoms with Crippen LogP contribution < -0.4 is 9.47 Å². The normalized spacial score (nSPS) is 10.6. The first-order valence-electron chi connectivity index (χ1n) is 6.51. The van der Waals surface area contributed by atoms with Crippen molar-refractivity contribution in [2.75, 3.05) is 20.3 Å². The van der Waals surface area contributed by atoms with Crippen LogP contribution in [0.4, 0.5) is 0 Å². The second-order valence-electron chi connectivity index (χ2n) is 4.34. The van der Waals surface area contributed by atoms with Crippen LogP contribution in [0, 0.1) is 6.92 Å². The first kappa shape index (κ1) is 14.3. The highest BCUT2D eigenvalue weighted by Gasteiger charge is 2.07. The number of hydrogen-bond acceptors (Lipinski definition) is 5. The number of aliphatic hydroxyl groups is 1. The minimum atomic E-state index is 0.0852. The van der Waals surface area contributed by atoms with E-state index in [9.17, 15) is 0 Å². The SMILES string of the molecule is COc1ccc(OCCn2nnc(CCO)c2C)cc1. The van der Waals surface area contributed by atoms with E-state index in [1.165, 1.54) is 0 Å². The third-order valence-corrected chi connectivity index (χ3v) is 3.06. The Hall–Kier alpha value is -2.08. The molecule has 1 N–H and O–H groups in total. The van der Waals surface area contributed by atoms with Crippen LogP contribution in [0.5, 0.6) is 11.5 Å². The van der Waals surface area contributed by atoms with E-state index in [0.29, 0.717) is 19.6 Å². The van der Waals surface area contributed by atoms with Gasteiger partial charge in [-0.1, -0.05) is 5.21 Å². The van der Waals surface area contributed by atoms with Crippen LogP contribution in [0.1, 0.15) is 11.4 Å². The average molecular weight is 277 g/mol. The molecule has 0 aliphatic rings. The summed E-state index contributed by atoms with van der Waals surface area (Å²) < 4.78 is 12.5. The van der Waals surface area contributed by atoms with Crippen LogP contribution in [0.2, 0.25) is 0 Å². The summed E-state index contributed by atoms with van der Waals surface area (Å²) in [6.07, 6.45) is 0.533. The molecule has 6 heteroatoms. The summed E-state index contributed by atoms with van der Waals surface area (Å²) in [6, 6.07) is 7.44. The zero-order valence-corrected chi connectivity index (χ0v) is 11.7. The summed E-state index contributed by atoms with van der Waals surface area (Å²) in [5.41, 5.74) is 1.80. The second-order valence-corrected chi connectivity index (χ2v) is 4.34. The highest BCUT2D eigenvalue weighted by Crippen LogP contribution is 2.17. The molecule has 0 saturated heterocycles. The molecule has 0 radical (unpaired) electrons. The zero-order valence-electron chi connectivity index (χ0n) is 11.7. The van der Waals surface area contributed by atoms with Crippen molar-refractivity contribution in [2.45, 2.75) is 19.9 Å². The number of benzene rings is 1. The fraction of sp³-hybridized carbons (Fsp3) is 0.429. The van der Waals surface area contributed by atoms with E-state index in [0.717, 1.165) is 22.9 Å². The van der Waals surface area contributed by atoms with Crippen LogP contribution in [-0.4, -0.2) is 40.4 Å². The van der Waals surface area contributed by atoms with Gasteiger partial charge in [-0.2, -0.15) is 0 Å². The lowest BCUT2D eigenvalue weighted by atomic mass is 10.3. The second kappa shape index (κ2) is 6.91. The highest BCUT2D eigenvalue weighted by molar-refractivity contribution is 5.31. The van der Waals surface area contributed by atoms with Crippen LogP contribution in [0.25, 0.3) is 0 Å². The van der Waals surface area contributed by atoms with Gasteiger partial charge in [0.2, 0.25) is 0 Å². The monoisotopic (exact) mass is 277 g/mol. The molecule has 0 aliphatic carbocycles. The summed E-state index contributed by atoms with van der Waals surface area (Å²) in [7, 11) is 1.63. The molecule has 1 heterocycles. The van der Waals surface area contributed by atoms with Crippen LogP contribution in [-0.2, 0) is 13.0 Å². The van der Waals surface area contributed by atoms with Gasteiger partial charge in [-0.25, -0.2) is 4.68 Å². The Kier molecular flexibility index (Phi) is 4.95. The predicted molar refractivity (Wildman–Crippen MR) is 74.0 cm³/mol. The number of aromatic nitrogens is 3. The Bertz CT molecular complexity index is 537. The topological polar surface area (TPSA) is 69.4 Å². The van der Waals surface area contributed by atoms with E-state index in [1.54, 1.807) is 11.8 Å². The van der Waals surface area contributed by atoms with Crippen LogP contribution in [0.15, 0.2) is 24.3 Å². The summed E-state index contributed by atoms with van der Waals surface area (Å²) in [5, 5.41) is 17.0. The molecule has 20 heavy (non-hydrogen) atoms. The lowest BCUT2D eigenvalue weighted by Gasteiger charge is -2.08. The molecule has 0 aliphatic heterocycles. The zero-order chi connectivity index (χ0) is 14.4. The Balaban J connectivity index is 1.86. The molecule has 0 spiro atoms. The van der Waals surface area contributed by atoms with Crippen molar-refractivity contribution in [3.05, 3.63) is 35.7 Å². The van der Waals surface area contributed by atoms with Crippen molar-refractivity contribution >= 4 is 0 Å². The Morgan fingerprint density at radius 2 is 1.90 bits per heavy atom. The van der Waals surface area contributed by atoms with Crippen molar-refractivity contribution in [1.29, 1.82) is 0 Å². The van der Waals surface area contributed by atoms with Crippen molar-refractivity contribution in [3.8, 4) is 11.5 Å². The molecule has 1 aromatic carbocycles. The maximum Gasteiger partial charge on any atom is 0.119 e. The van der Waals surface area contributed by atoms with Gasteiger partial charge < -0.3 is 14.6 Å². The quantitative estimate of drug-likeness (QED) is 0.823. The molecule has 1 aromatic heterocycles. The molecular formula is C14H19N3O3. The van der Waals surface area contributed by atoms with E-state index < -0.39 is 0 Å². The molecule has 0 amide bonds. The van der Waals surface area contributed by atoms with Gasteiger partial charge in [0.1, 0.15) is 18.1 Å². The fourth-order valence-electron chi connectivity index (χ4n) is 1.87. The van der Waals surface area contributed by atoms with E-state index in [-0.39, 0.29) is 6.61 Å². The van der Waals surface area contributed by atoms with E-state index in [4.69, 9.17) is 14.6 Å². The van der Waals surface area contributed by atoms with Gasteiger partial charge in [0, 0.05) is 13.0 Å². The number of methoxy groups -OCH3 is 1. The number of aliphatic hydroxyl groups excluding tert-OH is 1. The van der Waals surface area contributed by atoms with Gasteiger partial charge >= 0.3 is 0 Å². The lowest BCUT2D eigenvalue weighted by molar-refractivity contribution is 0.287. The van der Waals surface area contributed by atoms with E-state index in [1.807, 2.05) is 31.2 Å². The average Bonchev–Trinajstić information content (AvgIpc) is 2.82. The largest absolute Gasteiger partial charge is 0.497 e. The Labute approximate surface area is 117 Å². The molecule has 0 fully saturated rings. The molecule has 108 valence electrons. The number of rotatable bonds is 7. The molecule has 2 aromatic rings. The van der Waals surface area contributed by atoms with E-state index >= 15 is 0 Å². The summed E-state index contributed by atoms with van der Waals surface area (Å²) in [4.78, 5) is 0. The molecular weight excluding hydrogens is 258 g/mol. The molecule has 0 bridgehead atoms. The molecule has 2 rings (SSSR count). The summed E-state index contributed by atoms with van der Waals surface area (Å²) in [5.74, 6) is 1.59. The van der Waals surface area contributed by atoms with Gasteiger partial charge in [0.15, 0.2) is 0 Å². The first-order valence-corrected chi connectivity index (χ1v) is 6.51. The van der Waals surface area contributed by atoms with Gasteiger partial charge in [-0.15, -0.1) is 5.10 Å². The molecule has 0 saturated carbocycles. The number of hydrogen-bond donors (Lipinski definition) is 1. The maximum atomic E-state index is 8.91. The van der Waals surface area contributed by atoms with Crippen LogP contribution >= 0.6 is 0 Å². The minimum absolute atomic E-state index is 0.0852. The van der Waals surface area contributed by atoms with Gasteiger partial charge in [-0.05, 0) is 31.2 Å². The highest BCUT2D eigenvalue weighted by atomic mass is 16.5. The van der Waals surface area contributed by atoms with Gasteiger partial charge in [-0.3, -0.25) is 0 Å². The maximum absolute atomic E-state index is 8.91. The van der Waals surface area contributed by atoms with Gasteiger partial charge in [0.25, 0.3) is 0 Å². The summed E-state index contributed by atoms with van der Waals surface area (Å²) in [6.45, 7) is 3.16. The summed E-state index contributed by atoms with van der Waals surface area (Å²) >= 11 is 0. The van der Waals surface area contributed by atoms with Crippen LogP contribution in [0.3, 0.4) is 0 Å². The molecule has 0 unspecified atom stereocenters. The third-order valence-electron chi connectivity index (χ3n) is 3.06. The third kappa shape index (κ3) is 3.48. The number of ether oxygens (including phenoxy) is 2. The smallest absolute Gasteiger partial charge is 0.119 e. The minimum Gasteiger partial charge on any atom is -0.497 e. The van der Waals surface area contributed by atoms with Gasteiger partial charge in [0.05, 0.1) is 25.0 Å². The predicted octanol–water partition coefficient (Wildman–Crippen LogP) is 1.21. The Morgan fingerprint density at radius 3 is 2.55 bits per heavy atom. The van der Waals surface area contributed by atoms with Crippen molar-refractivity contribution in [1.82, 2.24) is 15.0 Å². The molecule has 0 atom stereocenters. The molecule has 6 nitrogen and oxygen atoms in total. The lowest BCUT2D eigenvalue weighted by Crippen LogP contribution is -2.11. The number of nitrogens with zero attached hydrogens (tertiary/aromatic N) is 3. The fourth-order valence-corrected chi connectivity index (χ4v) is 1.87. The standard InChI is InChI=1S/C14H19N3O3/c1-11-14(7-9-18)15-16-17(11)8-10-20-13-5-3-12(19-2)4-6-13/h3-6,18H,7-10H2,1-2H3. The van der Waals surface area contributed by atoms with Crippen molar-refractivity contribution in [2.24, 2.45) is 0 Å². The first-order chi connectivity index (χ1) is 9.74. The van der Waals surface area contributed by atoms with E-state index in [2.05, 4.69) is 10.3 Å².